The molecule has 88 valence electrons. The topological polar surface area (TPSA) is 37.8 Å². The molecule has 0 spiro atoms. The van der Waals surface area contributed by atoms with E-state index in [0.29, 0.717) is 11.8 Å². The lowest BCUT2D eigenvalue weighted by molar-refractivity contribution is 0.620. The largest absolute Gasteiger partial charge is 0.316 e. The van der Waals surface area contributed by atoms with Gasteiger partial charge in [-0.3, -0.25) is 0 Å². The highest BCUT2D eigenvalue weighted by molar-refractivity contribution is 5.23. The van der Waals surface area contributed by atoms with Gasteiger partial charge in [0.1, 0.15) is 5.82 Å². The Morgan fingerprint density at radius 1 is 1.50 bits per heavy atom. The maximum atomic E-state index is 4.66. The minimum Gasteiger partial charge on any atom is -0.316 e. The molecule has 1 aromatic heterocycles. The van der Waals surface area contributed by atoms with Crippen molar-refractivity contribution in [2.75, 3.05) is 13.1 Å². The lowest BCUT2D eigenvalue weighted by Crippen LogP contribution is -2.13. The highest BCUT2D eigenvalue weighted by Gasteiger charge is 2.21. The van der Waals surface area contributed by atoms with E-state index >= 15 is 0 Å². The summed E-state index contributed by atoms with van der Waals surface area (Å²) in [7, 11) is 0. The summed E-state index contributed by atoms with van der Waals surface area (Å²) in [5.41, 5.74) is 2.63. The standard InChI is InChI=1S/C13H21N3/c1-9(2)6-12-8-15-10(3)16-13(12)11-4-5-14-7-11/h8-9,11,14H,4-7H2,1-3H3. The summed E-state index contributed by atoms with van der Waals surface area (Å²) >= 11 is 0. The van der Waals surface area contributed by atoms with Crippen molar-refractivity contribution < 1.29 is 0 Å². The van der Waals surface area contributed by atoms with Crippen molar-refractivity contribution in [3.05, 3.63) is 23.3 Å². The maximum Gasteiger partial charge on any atom is 0.125 e. The van der Waals surface area contributed by atoms with Crippen LogP contribution in [-0.2, 0) is 6.42 Å². The summed E-state index contributed by atoms with van der Waals surface area (Å²) in [6, 6.07) is 0. The Morgan fingerprint density at radius 2 is 2.31 bits per heavy atom. The van der Waals surface area contributed by atoms with Gasteiger partial charge in [0, 0.05) is 18.7 Å². The number of hydrogen-bond acceptors (Lipinski definition) is 3. The van der Waals surface area contributed by atoms with Gasteiger partial charge in [0.15, 0.2) is 0 Å². The van der Waals surface area contributed by atoms with Gasteiger partial charge in [-0.1, -0.05) is 13.8 Å². The van der Waals surface area contributed by atoms with Gasteiger partial charge < -0.3 is 5.32 Å². The van der Waals surface area contributed by atoms with E-state index in [1.807, 2.05) is 13.1 Å². The van der Waals surface area contributed by atoms with Crippen molar-refractivity contribution in [1.82, 2.24) is 15.3 Å². The Hall–Kier alpha value is -0.960. The third-order valence-electron chi connectivity index (χ3n) is 3.09. The molecule has 1 fully saturated rings. The van der Waals surface area contributed by atoms with Gasteiger partial charge in [0.25, 0.3) is 0 Å². The molecule has 0 aromatic carbocycles. The average Bonchev–Trinajstić information content (AvgIpc) is 2.73. The van der Waals surface area contributed by atoms with Gasteiger partial charge in [0.2, 0.25) is 0 Å². The van der Waals surface area contributed by atoms with E-state index in [1.54, 1.807) is 0 Å². The van der Waals surface area contributed by atoms with E-state index in [9.17, 15) is 0 Å². The predicted molar refractivity (Wildman–Crippen MR) is 65.5 cm³/mol. The molecule has 0 bridgehead atoms. The first kappa shape index (κ1) is 11.5. The second-order valence-electron chi connectivity index (χ2n) is 5.12. The van der Waals surface area contributed by atoms with Crippen LogP contribution >= 0.6 is 0 Å². The van der Waals surface area contributed by atoms with Crippen LogP contribution in [0.3, 0.4) is 0 Å². The van der Waals surface area contributed by atoms with Crippen LogP contribution in [0, 0.1) is 12.8 Å². The average molecular weight is 219 g/mol. The fourth-order valence-electron chi connectivity index (χ4n) is 2.35. The van der Waals surface area contributed by atoms with Gasteiger partial charge in [-0.05, 0) is 37.8 Å². The van der Waals surface area contributed by atoms with Gasteiger partial charge in [-0.2, -0.15) is 0 Å². The van der Waals surface area contributed by atoms with E-state index < -0.39 is 0 Å². The molecule has 1 N–H and O–H groups in total. The van der Waals surface area contributed by atoms with Gasteiger partial charge in [-0.15, -0.1) is 0 Å². The van der Waals surface area contributed by atoms with E-state index in [-0.39, 0.29) is 0 Å². The first-order valence-corrected chi connectivity index (χ1v) is 6.20. The maximum absolute atomic E-state index is 4.66. The molecule has 1 aliphatic rings. The molecule has 1 aromatic rings. The smallest absolute Gasteiger partial charge is 0.125 e. The minimum absolute atomic E-state index is 0.593. The monoisotopic (exact) mass is 219 g/mol. The van der Waals surface area contributed by atoms with Gasteiger partial charge in [0.05, 0.1) is 5.69 Å². The molecule has 16 heavy (non-hydrogen) atoms. The number of aromatic nitrogens is 2. The zero-order valence-electron chi connectivity index (χ0n) is 10.5. The molecule has 3 heteroatoms. The zero-order chi connectivity index (χ0) is 11.5. The van der Waals surface area contributed by atoms with Gasteiger partial charge in [-0.25, -0.2) is 9.97 Å². The van der Waals surface area contributed by atoms with Crippen LogP contribution in [0.25, 0.3) is 0 Å². The molecule has 2 heterocycles. The van der Waals surface area contributed by atoms with Crippen LogP contribution in [0.15, 0.2) is 6.20 Å². The molecule has 0 aliphatic carbocycles. The molecule has 3 nitrogen and oxygen atoms in total. The number of aryl methyl sites for hydroxylation is 1. The molecule has 1 unspecified atom stereocenters. The number of rotatable bonds is 3. The lowest BCUT2D eigenvalue weighted by atomic mass is 9.95. The molecule has 2 rings (SSSR count). The highest BCUT2D eigenvalue weighted by Crippen LogP contribution is 2.25. The molecule has 1 aliphatic heterocycles. The molecule has 1 atom stereocenters. The molecular weight excluding hydrogens is 198 g/mol. The third kappa shape index (κ3) is 2.59. The summed E-state index contributed by atoms with van der Waals surface area (Å²) in [4.78, 5) is 8.99. The van der Waals surface area contributed by atoms with Crippen molar-refractivity contribution in [3.63, 3.8) is 0 Å². The van der Waals surface area contributed by atoms with Crippen LogP contribution in [0.5, 0.6) is 0 Å². The SMILES string of the molecule is Cc1ncc(CC(C)C)c(C2CCNC2)n1. The predicted octanol–water partition coefficient (Wildman–Crippen LogP) is 2.06. The zero-order valence-corrected chi connectivity index (χ0v) is 10.5. The van der Waals surface area contributed by atoms with Crippen LogP contribution in [0.1, 0.15) is 43.3 Å². The molecule has 0 radical (unpaired) electrons. The first-order valence-electron chi connectivity index (χ1n) is 6.20. The second-order valence-corrected chi connectivity index (χ2v) is 5.12. The summed E-state index contributed by atoms with van der Waals surface area (Å²) in [6.45, 7) is 8.66. The number of nitrogens with zero attached hydrogens (tertiary/aromatic N) is 2. The first-order chi connectivity index (χ1) is 7.66. The van der Waals surface area contributed by atoms with E-state index in [4.69, 9.17) is 0 Å². The number of hydrogen-bond donors (Lipinski definition) is 1. The van der Waals surface area contributed by atoms with Crippen LogP contribution in [-0.4, -0.2) is 23.1 Å². The highest BCUT2D eigenvalue weighted by atomic mass is 14.9. The Kier molecular flexibility index (Phi) is 3.54. The lowest BCUT2D eigenvalue weighted by Gasteiger charge is -2.15. The molecule has 0 saturated carbocycles. The van der Waals surface area contributed by atoms with Crippen molar-refractivity contribution in [3.8, 4) is 0 Å². The van der Waals surface area contributed by atoms with Crippen LogP contribution in [0.4, 0.5) is 0 Å². The Balaban J connectivity index is 2.28. The van der Waals surface area contributed by atoms with Gasteiger partial charge >= 0.3 is 0 Å². The second kappa shape index (κ2) is 4.91. The Morgan fingerprint density at radius 3 is 2.94 bits per heavy atom. The summed E-state index contributed by atoms with van der Waals surface area (Å²) in [6.07, 6.45) is 4.32. The Labute approximate surface area is 97.7 Å². The summed E-state index contributed by atoms with van der Waals surface area (Å²) in [5, 5.41) is 3.41. The van der Waals surface area contributed by atoms with E-state index in [0.717, 1.165) is 25.3 Å². The minimum atomic E-state index is 0.593. The fourth-order valence-corrected chi connectivity index (χ4v) is 2.35. The van der Waals surface area contributed by atoms with Crippen LogP contribution < -0.4 is 5.32 Å². The molecule has 0 amide bonds. The number of nitrogens with one attached hydrogen (secondary N) is 1. The fraction of sp³-hybridized carbons (Fsp3) is 0.692. The third-order valence-corrected chi connectivity index (χ3v) is 3.09. The molecular formula is C13H21N3. The van der Waals surface area contributed by atoms with Crippen molar-refractivity contribution in [1.29, 1.82) is 0 Å². The van der Waals surface area contributed by atoms with Crippen molar-refractivity contribution >= 4 is 0 Å². The van der Waals surface area contributed by atoms with Crippen molar-refractivity contribution in [2.24, 2.45) is 5.92 Å². The van der Waals surface area contributed by atoms with E-state index in [2.05, 4.69) is 29.1 Å². The van der Waals surface area contributed by atoms with E-state index in [1.165, 1.54) is 17.7 Å². The van der Waals surface area contributed by atoms with Crippen molar-refractivity contribution in [2.45, 2.75) is 39.5 Å². The summed E-state index contributed by atoms with van der Waals surface area (Å²) in [5.74, 6) is 2.16. The molecule has 1 saturated heterocycles. The quantitative estimate of drug-likeness (QED) is 0.845. The summed E-state index contributed by atoms with van der Waals surface area (Å²) < 4.78 is 0. The Bertz CT molecular complexity index is 354. The normalized spacial score (nSPS) is 20.6. The van der Waals surface area contributed by atoms with Crippen LogP contribution in [0.2, 0.25) is 0 Å².